The molecule has 0 spiro atoms. The summed E-state index contributed by atoms with van der Waals surface area (Å²) in [5.41, 5.74) is 1.99. The Morgan fingerprint density at radius 2 is 2.04 bits per heavy atom. The van der Waals surface area contributed by atoms with Gasteiger partial charge in [0.2, 0.25) is 0 Å². The summed E-state index contributed by atoms with van der Waals surface area (Å²) < 4.78 is 4.00. The van der Waals surface area contributed by atoms with E-state index in [1.807, 2.05) is 53.0 Å². The highest BCUT2D eigenvalue weighted by molar-refractivity contribution is 5.93. The number of hydrogen-bond acceptors (Lipinski definition) is 3. The second kappa shape index (κ2) is 7.78. The van der Waals surface area contributed by atoms with E-state index in [9.17, 15) is 4.79 Å². The molecule has 0 aliphatic carbocycles. The van der Waals surface area contributed by atoms with Gasteiger partial charge >= 0.3 is 0 Å². The highest BCUT2D eigenvalue weighted by Gasteiger charge is 2.30. The summed E-state index contributed by atoms with van der Waals surface area (Å²) in [6.07, 6.45) is 7.59. The van der Waals surface area contributed by atoms with Crippen molar-refractivity contribution < 1.29 is 4.79 Å². The van der Waals surface area contributed by atoms with Crippen LogP contribution in [0.1, 0.15) is 41.1 Å². The smallest absolute Gasteiger partial charge is 0.270 e. The van der Waals surface area contributed by atoms with Gasteiger partial charge in [-0.2, -0.15) is 0 Å². The molecule has 4 rings (SSSR count). The van der Waals surface area contributed by atoms with Crippen LogP contribution in [0.3, 0.4) is 0 Å². The first-order valence-corrected chi connectivity index (χ1v) is 9.55. The van der Waals surface area contributed by atoms with Gasteiger partial charge in [-0.25, -0.2) is 0 Å². The molecule has 140 valence electrons. The van der Waals surface area contributed by atoms with Crippen LogP contribution in [-0.4, -0.2) is 42.7 Å². The maximum atomic E-state index is 12.9. The Balaban J connectivity index is 1.41. The highest BCUT2D eigenvalue weighted by Crippen LogP contribution is 2.24. The maximum absolute atomic E-state index is 12.9. The van der Waals surface area contributed by atoms with Gasteiger partial charge in [-0.05, 0) is 37.0 Å². The van der Waals surface area contributed by atoms with E-state index < -0.39 is 0 Å². The Bertz CT molecular complexity index is 898. The van der Waals surface area contributed by atoms with Crippen LogP contribution in [0.5, 0.6) is 0 Å². The Kier molecular flexibility index (Phi) is 5.05. The summed E-state index contributed by atoms with van der Waals surface area (Å²) in [5.74, 6) is 1.12. The molecule has 2 aromatic heterocycles. The second-order valence-corrected chi connectivity index (χ2v) is 7.20. The number of nitrogens with zero attached hydrogens (tertiary/aromatic N) is 5. The monoisotopic (exact) mass is 363 g/mol. The van der Waals surface area contributed by atoms with Crippen LogP contribution in [0.2, 0.25) is 0 Å². The molecule has 1 aliphatic heterocycles. The SMILES string of the molecule is Cn1cccc1C(=O)N1CCCC1CCc1nncn1Cc1ccccc1. The minimum atomic E-state index is 0.135. The number of amides is 1. The fourth-order valence-corrected chi connectivity index (χ4v) is 3.91. The van der Waals surface area contributed by atoms with Crippen LogP contribution < -0.4 is 0 Å². The quantitative estimate of drug-likeness (QED) is 0.677. The minimum Gasteiger partial charge on any atom is -0.347 e. The van der Waals surface area contributed by atoms with Gasteiger partial charge < -0.3 is 14.0 Å². The molecule has 0 bridgehead atoms. The molecule has 27 heavy (non-hydrogen) atoms. The number of rotatable bonds is 6. The third-order valence-electron chi connectivity index (χ3n) is 5.39. The van der Waals surface area contributed by atoms with Crippen molar-refractivity contribution in [3.05, 3.63) is 72.1 Å². The average Bonchev–Trinajstić information content (AvgIpc) is 3.41. The number of likely N-dealkylation sites (tertiary alicyclic amines) is 1. The lowest BCUT2D eigenvalue weighted by atomic mass is 10.1. The first-order valence-electron chi connectivity index (χ1n) is 9.55. The van der Waals surface area contributed by atoms with Gasteiger partial charge in [0.1, 0.15) is 17.8 Å². The van der Waals surface area contributed by atoms with Crippen molar-refractivity contribution >= 4 is 5.91 Å². The van der Waals surface area contributed by atoms with Gasteiger partial charge in [0, 0.05) is 32.3 Å². The van der Waals surface area contributed by atoms with Crippen molar-refractivity contribution in [3.63, 3.8) is 0 Å². The van der Waals surface area contributed by atoms with E-state index in [-0.39, 0.29) is 11.9 Å². The molecule has 1 atom stereocenters. The number of benzene rings is 1. The summed E-state index contributed by atoms with van der Waals surface area (Å²) in [5, 5.41) is 8.41. The summed E-state index contributed by atoms with van der Waals surface area (Å²) in [7, 11) is 1.92. The van der Waals surface area contributed by atoms with Crippen LogP contribution in [0.25, 0.3) is 0 Å². The third kappa shape index (κ3) is 3.79. The molecule has 1 aliphatic rings. The van der Waals surface area contributed by atoms with Crippen molar-refractivity contribution in [2.75, 3.05) is 6.54 Å². The van der Waals surface area contributed by atoms with E-state index in [0.717, 1.165) is 50.3 Å². The van der Waals surface area contributed by atoms with Gasteiger partial charge in [0.25, 0.3) is 5.91 Å². The molecular formula is C21H25N5O. The summed E-state index contributed by atoms with van der Waals surface area (Å²) in [4.78, 5) is 14.9. The van der Waals surface area contributed by atoms with E-state index in [0.29, 0.717) is 0 Å². The molecule has 1 aromatic carbocycles. The lowest BCUT2D eigenvalue weighted by molar-refractivity contribution is 0.0720. The van der Waals surface area contributed by atoms with Crippen LogP contribution in [-0.2, 0) is 20.0 Å². The first kappa shape index (κ1) is 17.5. The molecule has 3 heterocycles. The zero-order chi connectivity index (χ0) is 18.6. The highest BCUT2D eigenvalue weighted by atomic mass is 16.2. The minimum absolute atomic E-state index is 0.135. The zero-order valence-electron chi connectivity index (χ0n) is 15.7. The Morgan fingerprint density at radius 1 is 1.19 bits per heavy atom. The van der Waals surface area contributed by atoms with Gasteiger partial charge in [0.15, 0.2) is 0 Å². The molecule has 1 fully saturated rings. The predicted molar refractivity (Wildman–Crippen MR) is 103 cm³/mol. The number of hydrogen-bond donors (Lipinski definition) is 0. The summed E-state index contributed by atoms with van der Waals surface area (Å²) in [6.45, 7) is 1.62. The summed E-state index contributed by atoms with van der Waals surface area (Å²) >= 11 is 0. The van der Waals surface area contributed by atoms with Crippen molar-refractivity contribution in [1.29, 1.82) is 0 Å². The molecule has 6 nitrogen and oxygen atoms in total. The fourth-order valence-electron chi connectivity index (χ4n) is 3.91. The Labute approximate surface area is 159 Å². The van der Waals surface area contributed by atoms with Crippen molar-refractivity contribution in [3.8, 4) is 0 Å². The second-order valence-electron chi connectivity index (χ2n) is 7.20. The molecule has 1 amide bonds. The normalized spacial score (nSPS) is 16.8. The molecule has 0 saturated carbocycles. The zero-order valence-corrected chi connectivity index (χ0v) is 15.7. The first-order chi connectivity index (χ1) is 13.2. The molecule has 6 heteroatoms. The standard InChI is InChI=1S/C21H25N5O/c1-24-13-6-10-19(24)21(27)26-14-5-9-18(26)11-12-20-23-22-16-25(20)15-17-7-3-2-4-8-17/h2-4,6-8,10,13,16,18H,5,9,11-12,14-15H2,1H3. The predicted octanol–water partition coefficient (Wildman–Crippen LogP) is 2.90. The van der Waals surface area contributed by atoms with Crippen LogP contribution in [0.4, 0.5) is 0 Å². The fraction of sp³-hybridized carbons (Fsp3) is 0.381. The lowest BCUT2D eigenvalue weighted by Crippen LogP contribution is -2.36. The summed E-state index contributed by atoms with van der Waals surface area (Å²) in [6, 6.07) is 14.4. The molecule has 1 unspecified atom stereocenters. The van der Waals surface area contributed by atoms with E-state index >= 15 is 0 Å². The largest absolute Gasteiger partial charge is 0.347 e. The third-order valence-corrected chi connectivity index (χ3v) is 5.39. The van der Waals surface area contributed by atoms with Crippen molar-refractivity contribution in [2.45, 2.75) is 38.3 Å². The maximum Gasteiger partial charge on any atom is 0.270 e. The molecule has 0 N–H and O–H groups in total. The Morgan fingerprint density at radius 3 is 2.81 bits per heavy atom. The van der Waals surface area contributed by atoms with Gasteiger partial charge in [-0.1, -0.05) is 30.3 Å². The molecular weight excluding hydrogens is 338 g/mol. The lowest BCUT2D eigenvalue weighted by Gasteiger charge is -2.25. The van der Waals surface area contributed by atoms with E-state index in [4.69, 9.17) is 0 Å². The average molecular weight is 363 g/mol. The number of carbonyl (C=O) groups is 1. The van der Waals surface area contributed by atoms with Crippen molar-refractivity contribution in [2.24, 2.45) is 7.05 Å². The topological polar surface area (TPSA) is 56.0 Å². The van der Waals surface area contributed by atoms with Gasteiger partial charge in [-0.3, -0.25) is 4.79 Å². The van der Waals surface area contributed by atoms with Gasteiger partial charge in [-0.15, -0.1) is 10.2 Å². The van der Waals surface area contributed by atoms with Crippen LogP contribution in [0, 0.1) is 0 Å². The molecule has 1 saturated heterocycles. The van der Waals surface area contributed by atoms with Crippen molar-refractivity contribution in [1.82, 2.24) is 24.2 Å². The number of aryl methyl sites for hydroxylation is 2. The number of carbonyl (C=O) groups excluding carboxylic acids is 1. The van der Waals surface area contributed by atoms with Crippen LogP contribution in [0.15, 0.2) is 55.0 Å². The number of aromatic nitrogens is 4. The van der Waals surface area contributed by atoms with Crippen LogP contribution >= 0.6 is 0 Å². The van der Waals surface area contributed by atoms with E-state index in [1.165, 1.54) is 5.56 Å². The Hall–Kier alpha value is -2.89. The molecule has 0 radical (unpaired) electrons. The molecule has 3 aromatic rings. The van der Waals surface area contributed by atoms with E-state index in [1.54, 1.807) is 6.33 Å². The van der Waals surface area contributed by atoms with Gasteiger partial charge in [0.05, 0.1) is 6.54 Å². The van der Waals surface area contributed by atoms with E-state index in [2.05, 4.69) is 26.9 Å².